The first-order valence-electron chi connectivity index (χ1n) is 4.76. The van der Waals surface area contributed by atoms with Gasteiger partial charge >= 0.3 is 0 Å². The van der Waals surface area contributed by atoms with Crippen LogP contribution in [0, 0.1) is 5.92 Å². The third kappa shape index (κ3) is 2.97. The standard InChI is InChI=1S/C9H19N3O/c1-11(2)6-8-3-4-12(7-8)9(13)5-10/h8H,3-7,10H2,1-2H3. The zero-order valence-corrected chi connectivity index (χ0v) is 8.49. The first kappa shape index (κ1) is 10.5. The fourth-order valence-corrected chi connectivity index (χ4v) is 1.85. The van der Waals surface area contributed by atoms with Crippen molar-refractivity contribution in [3.05, 3.63) is 0 Å². The quantitative estimate of drug-likeness (QED) is 0.636. The largest absolute Gasteiger partial charge is 0.341 e. The summed E-state index contributed by atoms with van der Waals surface area (Å²) < 4.78 is 0. The van der Waals surface area contributed by atoms with E-state index in [0.29, 0.717) is 5.92 Å². The highest BCUT2D eigenvalue weighted by Crippen LogP contribution is 2.16. The van der Waals surface area contributed by atoms with Gasteiger partial charge in [0.1, 0.15) is 0 Å². The van der Waals surface area contributed by atoms with Crippen LogP contribution in [0.25, 0.3) is 0 Å². The molecule has 4 nitrogen and oxygen atoms in total. The monoisotopic (exact) mass is 185 g/mol. The van der Waals surface area contributed by atoms with Crippen molar-refractivity contribution in [2.75, 3.05) is 40.3 Å². The number of amides is 1. The molecule has 1 amide bonds. The van der Waals surface area contributed by atoms with Crippen LogP contribution in [0.2, 0.25) is 0 Å². The van der Waals surface area contributed by atoms with Gasteiger partial charge in [0.25, 0.3) is 0 Å². The van der Waals surface area contributed by atoms with Crippen LogP contribution in [0.5, 0.6) is 0 Å². The van der Waals surface area contributed by atoms with Gasteiger partial charge in [-0.15, -0.1) is 0 Å². The van der Waals surface area contributed by atoms with E-state index in [9.17, 15) is 4.79 Å². The van der Waals surface area contributed by atoms with Crippen LogP contribution in [0.15, 0.2) is 0 Å². The lowest BCUT2D eigenvalue weighted by Gasteiger charge is -2.17. The molecule has 0 aromatic heterocycles. The molecule has 0 aliphatic carbocycles. The van der Waals surface area contributed by atoms with Gasteiger partial charge in [-0.25, -0.2) is 0 Å². The summed E-state index contributed by atoms with van der Waals surface area (Å²) in [5, 5.41) is 0. The van der Waals surface area contributed by atoms with Crippen molar-refractivity contribution in [2.45, 2.75) is 6.42 Å². The number of hydrogen-bond donors (Lipinski definition) is 1. The second-order valence-electron chi connectivity index (χ2n) is 3.96. The minimum atomic E-state index is 0.0845. The summed E-state index contributed by atoms with van der Waals surface area (Å²) in [6.45, 7) is 2.98. The predicted octanol–water partition coefficient (Wildman–Crippen LogP) is -0.645. The Morgan fingerprint density at radius 2 is 2.31 bits per heavy atom. The lowest BCUT2D eigenvalue weighted by atomic mass is 10.1. The highest BCUT2D eigenvalue weighted by Gasteiger charge is 2.25. The summed E-state index contributed by atoms with van der Waals surface area (Å²) in [5.74, 6) is 0.715. The summed E-state index contributed by atoms with van der Waals surface area (Å²) >= 11 is 0. The molecule has 1 fully saturated rings. The molecule has 1 rings (SSSR count). The fourth-order valence-electron chi connectivity index (χ4n) is 1.85. The maximum atomic E-state index is 11.2. The van der Waals surface area contributed by atoms with Crippen LogP contribution < -0.4 is 5.73 Å². The molecule has 0 aromatic rings. The van der Waals surface area contributed by atoms with Crippen molar-refractivity contribution in [2.24, 2.45) is 11.7 Å². The highest BCUT2D eigenvalue weighted by atomic mass is 16.2. The summed E-state index contributed by atoms with van der Waals surface area (Å²) in [7, 11) is 4.13. The number of nitrogens with zero attached hydrogens (tertiary/aromatic N) is 2. The molecule has 76 valence electrons. The van der Waals surface area contributed by atoms with Gasteiger partial charge in [0.2, 0.25) is 5.91 Å². The van der Waals surface area contributed by atoms with Crippen LogP contribution >= 0.6 is 0 Å². The van der Waals surface area contributed by atoms with Gasteiger partial charge < -0.3 is 15.5 Å². The van der Waals surface area contributed by atoms with Crippen LogP contribution in [-0.2, 0) is 4.79 Å². The normalized spacial score (nSPS) is 22.8. The third-order valence-electron chi connectivity index (χ3n) is 2.44. The van der Waals surface area contributed by atoms with E-state index in [2.05, 4.69) is 19.0 Å². The lowest BCUT2D eigenvalue weighted by molar-refractivity contribution is -0.128. The number of likely N-dealkylation sites (tertiary alicyclic amines) is 1. The maximum absolute atomic E-state index is 11.2. The summed E-state index contributed by atoms with van der Waals surface area (Å²) in [6, 6.07) is 0. The van der Waals surface area contributed by atoms with Gasteiger partial charge in [-0.3, -0.25) is 4.79 Å². The Morgan fingerprint density at radius 3 is 2.85 bits per heavy atom. The Kier molecular flexibility index (Phi) is 3.69. The molecular formula is C9H19N3O. The van der Waals surface area contributed by atoms with Crippen molar-refractivity contribution < 1.29 is 4.79 Å². The summed E-state index contributed by atoms with van der Waals surface area (Å²) in [6.07, 6.45) is 1.12. The summed E-state index contributed by atoms with van der Waals surface area (Å²) in [4.78, 5) is 15.3. The minimum absolute atomic E-state index is 0.0845. The van der Waals surface area contributed by atoms with E-state index in [-0.39, 0.29) is 12.5 Å². The first-order chi connectivity index (χ1) is 6.13. The Morgan fingerprint density at radius 1 is 1.62 bits per heavy atom. The number of carbonyl (C=O) groups excluding carboxylic acids is 1. The van der Waals surface area contributed by atoms with Crippen molar-refractivity contribution in [1.29, 1.82) is 0 Å². The molecule has 1 heterocycles. The molecule has 0 aromatic carbocycles. The average Bonchev–Trinajstić information content (AvgIpc) is 2.50. The fraction of sp³-hybridized carbons (Fsp3) is 0.889. The van der Waals surface area contributed by atoms with Gasteiger partial charge in [0.05, 0.1) is 6.54 Å². The number of hydrogen-bond acceptors (Lipinski definition) is 3. The van der Waals surface area contributed by atoms with Crippen molar-refractivity contribution in [3.8, 4) is 0 Å². The Bertz CT molecular complexity index is 182. The van der Waals surface area contributed by atoms with Crippen molar-refractivity contribution in [1.82, 2.24) is 9.80 Å². The molecule has 1 unspecified atom stereocenters. The predicted molar refractivity (Wildman–Crippen MR) is 52.3 cm³/mol. The zero-order chi connectivity index (χ0) is 9.84. The molecule has 1 atom stereocenters. The van der Waals surface area contributed by atoms with Crippen molar-refractivity contribution >= 4 is 5.91 Å². The molecule has 0 radical (unpaired) electrons. The molecule has 1 saturated heterocycles. The van der Waals surface area contributed by atoms with Gasteiger partial charge in [0.15, 0.2) is 0 Å². The van der Waals surface area contributed by atoms with Crippen LogP contribution in [-0.4, -0.2) is 56.0 Å². The summed E-state index contributed by atoms with van der Waals surface area (Å²) in [5.41, 5.74) is 5.30. The van der Waals surface area contributed by atoms with Gasteiger partial charge in [-0.1, -0.05) is 0 Å². The second kappa shape index (κ2) is 4.58. The molecule has 1 aliphatic heterocycles. The first-order valence-corrected chi connectivity index (χ1v) is 4.76. The van der Waals surface area contributed by atoms with E-state index in [4.69, 9.17) is 5.73 Å². The Balaban J connectivity index is 2.32. The van der Waals surface area contributed by atoms with E-state index in [1.165, 1.54) is 0 Å². The van der Waals surface area contributed by atoms with E-state index < -0.39 is 0 Å². The van der Waals surface area contributed by atoms with Crippen molar-refractivity contribution in [3.63, 3.8) is 0 Å². The maximum Gasteiger partial charge on any atom is 0.236 e. The topological polar surface area (TPSA) is 49.6 Å². The smallest absolute Gasteiger partial charge is 0.236 e. The van der Waals surface area contributed by atoms with Crippen LogP contribution in [0.1, 0.15) is 6.42 Å². The molecule has 2 N–H and O–H groups in total. The number of carbonyl (C=O) groups is 1. The van der Waals surface area contributed by atoms with Gasteiger partial charge in [0, 0.05) is 19.6 Å². The Labute approximate surface area is 79.7 Å². The van der Waals surface area contributed by atoms with E-state index in [1.807, 2.05) is 4.90 Å². The second-order valence-corrected chi connectivity index (χ2v) is 3.96. The van der Waals surface area contributed by atoms with E-state index >= 15 is 0 Å². The number of rotatable bonds is 3. The Hall–Kier alpha value is -0.610. The lowest BCUT2D eigenvalue weighted by Crippen LogP contribution is -2.35. The van der Waals surface area contributed by atoms with Crippen LogP contribution in [0.4, 0.5) is 0 Å². The molecule has 0 spiro atoms. The molecule has 1 aliphatic rings. The SMILES string of the molecule is CN(C)CC1CCN(C(=O)CN)C1. The average molecular weight is 185 g/mol. The minimum Gasteiger partial charge on any atom is -0.341 e. The number of nitrogens with two attached hydrogens (primary N) is 1. The molecule has 4 heteroatoms. The zero-order valence-electron chi connectivity index (χ0n) is 8.49. The molecule has 0 bridgehead atoms. The van der Waals surface area contributed by atoms with E-state index in [0.717, 1.165) is 26.1 Å². The molecule has 0 saturated carbocycles. The van der Waals surface area contributed by atoms with Crippen LogP contribution in [0.3, 0.4) is 0 Å². The third-order valence-corrected chi connectivity index (χ3v) is 2.44. The van der Waals surface area contributed by atoms with Gasteiger partial charge in [-0.2, -0.15) is 0 Å². The molecular weight excluding hydrogens is 166 g/mol. The van der Waals surface area contributed by atoms with Gasteiger partial charge in [-0.05, 0) is 26.4 Å². The van der Waals surface area contributed by atoms with E-state index in [1.54, 1.807) is 0 Å². The molecule has 13 heavy (non-hydrogen) atoms. The highest BCUT2D eigenvalue weighted by molar-refractivity contribution is 5.78.